The molecule has 1 aliphatic heterocycles. The molecule has 0 amide bonds. The van der Waals surface area contributed by atoms with Gasteiger partial charge in [-0.15, -0.1) is 0 Å². The first-order chi connectivity index (χ1) is 6.20. The second kappa shape index (κ2) is 2.95. The van der Waals surface area contributed by atoms with Crippen molar-refractivity contribution in [2.45, 2.75) is 19.8 Å². The molecule has 13 heavy (non-hydrogen) atoms. The highest BCUT2D eigenvalue weighted by molar-refractivity contribution is 5.81. The van der Waals surface area contributed by atoms with Crippen molar-refractivity contribution in [2.24, 2.45) is 10.9 Å². The van der Waals surface area contributed by atoms with Crippen molar-refractivity contribution in [3.63, 3.8) is 0 Å². The summed E-state index contributed by atoms with van der Waals surface area (Å²) in [6, 6.07) is 5.16. The Kier molecular flexibility index (Phi) is 1.91. The van der Waals surface area contributed by atoms with Crippen LogP contribution in [-0.2, 0) is 0 Å². The van der Waals surface area contributed by atoms with Crippen LogP contribution in [0.4, 0.5) is 10.1 Å². The van der Waals surface area contributed by atoms with E-state index in [1.54, 1.807) is 6.07 Å². The minimum Gasteiger partial charge on any atom is -0.257 e. The van der Waals surface area contributed by atoms with Crippen LogP contribution in [0.1, 0.15) is 25.3 Å². The molecule has 0 N–H and O–H groups in total. The summed E-state index contributed by atoms with van der Waals surface area (Å²) < 4.78 is 13.2. The number of halogens is 1. The average molecular weight is 177 g/mol. The SMILES string of the molecule is CC(C)C1C=Nc2c(F)cccc21. The lowest BCUT2D eigenvalue weighted by molar-refractivity contribution is 0.606. The lowest BCUT2D eigenvalue weighted by atomic mass is 9.90. The van der Waals surface area contributed by atoms with Gasteiger partial charge in [0.15, 0.2) is 0 Å². The zero-order valence-corrected chi connectivity index (χ0v) is 7.79. The molecule has 0 saturated heterocycles. The highest BCUT2D eigenvalue weighted by atomic mass is 19.1. The molecule has 1 unspecified atom stereocenters. The number of rotatable bonds is 1. The van der Waals surface area contributed by atoms with E-state index >= 15 is 0 Å². The van der Waals surface area contributed by atoms with E-state index in [0.717, 1.165) is 5.56 Å². The van der Waals surface area contributed by atoms with Gasteiger partial charge in [0.2, 0.25) is 0 Å². The Morgan fingerprint density at radius 3 is 2.85 bits per heavy atom. The second-order valence-corrected chi connectivity index (χ2v) is 3.73. The van der Waals surface area contributed by atoms with Gasteiger partial charge in [-0.05, 0) is 17.5 Å². The van der Waals surface area contributed by atoms with Crippen molar-refractivity contribution in [2.75, 3.05) is 0 Å². The Bertz CT molecular complexity index is 355. The number of aliphatic imine (C=N–C) groups is 1. The van der Waals surface area contributed by atoms with Crippen molar-refractivity contribution < 1.29 is 4.39 Å². The third kappa shape index (κ3) is 1.26. The first-order valence-electron chi connectivity index (χ1n) is 4.52. The molecule has 1 nitrogen and oxygen atoms in total. The number of fused-ring (bicyclic) bond motifs is 1. The molecule has 0 aromatic heterocycles. The van der Waals surface area contributed by atoms with Gasteiger partial charge in [-0.3, -0.25) is 4.99 Å². The topological polar surface area (TPSA) is 12.4 Å². The van der Waals surface area contributed by atoms with Crippen molar-refractivity contribution in [1.29, 1.82) is 0 Å². The van der Waals surface area contributed by atoms with Gasteiger partial charge in [-0.25, -0.2) is 4.39 Å². The van der Waals surface area contributed by atoms with E-state index in [-0.39, 0.29) is 11.7 Å². The molecule has 0 saturated carbocycles. The molecule has 0 fully saturated rings. The third-order valence-electron chi connectivity index (χ3n) is 2.46. The fraction of sp³-hybridized carbons (Fsp3) is 0.364. The Morgan fingerprint density at radius 1 is 1.38 bits per heavy atom. The predicted octanol–water partition coefficient (Wildman–Crippen LogP) is 3.28. The number of nitrogens with zero attached hydrogens (tertiary/aromatic N) is 1. The fourth-order valence-electron chi connectivity index (χ4n) is 1.70. The van der Waals surface area contributed by atoms with E-state index < -0.39 is 0 Å². The molecule has 2 heteroatoms. The maximum atomic E-state index is 13.2. The highest BCUT2D eigenvalue weighted by Crippen LogP contribution is 2.37. The second-order valence-electron chi connectivity index (χ2n) is 3.73. The van der Waals surface area contributed by atoms with E-state index in [0.29, 0.717) is 11.6 Å². The Morgan fingerprint density at radius 2 is 2.15 bits per heavy atom. The summed E-state index contributed by atoms with van der Waals surface area (Å²) >= 11 is 0. The highest BCUT2D eigenvalue weighted by Gasteiger charge is 2.23. The van der Waals surface area contributed by atoms with Crippen LogP contribution < -0.4 is 0 Å². The van der Waals surface area contributed by atoms with Crippen molar-refractivity contribution in [3.05, 3.63) is 29.6 Å². The number of para-hydroxylation sites is 1. The predicted molar refractivity (Wildman–Crippen MR) is 52.1 cm³/mol. The molecule has 0 bridgehead atoms. The average Bonchev–Trinajstić information content (AvgIpc) is 2.48. The Hall–Kier alpha value is -1.18. The van der Waals surface area contributed by atoms with Gasteiger partial charge in [-0.2, -0.15) is 0 Å². The summed E-state index contributed by atoms with van der Waals surface area (Å²) in [6.45, 7) is 4.24. The van der Waals surface area contributed by atoms with Gasteiger partial charge in [0.1, 0.15) is 11.5 Å². The smallest absolute Gasteiger partial charge is 0.149 e. The molecule has 1 aromatic carbocycles. The number of hydrogen-bond acceptors (Lipinski definition) is 1. The third-order valence-corrected chi connectivity index (χ3v) is 2.46. The van der Waals surface area contributed by atoms with E-state index in [1.807, 2.05) is 12.3 Å². The largest absolute Gasteiger partial charge is 0.257 e. The van der Waals surface area contributed by atoms with Crippen LogP contribution in [0.2, 0.25) is 0 Å². The van der Waals surface area contributed by atoms with Gasteiger partial charge >= 0.3 is 0 Å². The minimum atomic E-state index is -0.211. The van der Waals surface area contributed by atoms with E-state index in [2.05, 4.69) is 18.8 Å². The van der Waals surface area contributed by atoms with Crippen molar-refractivity contribution in [3.8, 4) is 0 Å². The van der Waals surface area contributed by atoms with Crippen LogP contribution >= 0.6 is 0 Å². The van der Waals surface area contributed by atoms with E-state index in [9.17, 15) is 4.39 Å². The van der Waals surface area contributed by atoms with Crippen LogP contribution in [0.15, 0.2) is 23.2 Å². The molecular weight excluding hydrogens is 165 g/mol. The summed E-state index contributed by atoms with van der Waals surface area (Å²) in [7, 11) is 0. The Balaban J connectivity index is 2.49. The quantitative estimate of drug-likeness (QED) is 0.624. The van der Waals surface area contributed by atoms with Crippen LogP contribution in [0.25, 0.3) is 0 Å². The minimum absolute atomic E-state index is 0.211. The van der Waals surface area contributed by atoms with E-state index in [1.165, 1.54) is 6.07 Å². The summed E-state index contributed by atoms with van der Waals surface area (Å²) in [5, 5.41) is 0. The molecule has 2 rings (SSSR count). The fourth-order valence-corrected chi connectivity index (χ4v) is 1.70. The van der Waals surface area contributed by atoms with Gasteiger partial charge in [-0.1, -0.05) is 26.0 Å². The van der Waals surface area contributed by atoms with Crippen LogP contribution in [0, 0.1) is 11.7 Å². The van der Waals surface area contributed by atoms with E-state index in [4.69, 9.17) is 0 Å². The summed E-state index contributed by atoms with van der Waals surface area (Å²) in [4.78, 5) is 4.10. The van der Waals surface area contributed by atoms with Gasteiger partial charge in [0, 0.05) is 12.1 Å². The molecular formula is C11H12FN. The first-order valence-corrected chi connectivity index (χ1v) is 4.52. The number of hydrogen-bond donors (Lipinski definition) is 0. The molecule has 0 spiro atoms. The molecule has 68 valence electrons. The Labute approximate surface area is 77.3 Å². The monoisotopic (exact) mass is 177 g/mol. The number of benzene rings is 1. The zero-order chi connectivity index (χ0) is 9.42. The lowest BCUT2D eigenvalue weighted by Gasteiger charge is -2.12. The zero-order valence-electron chi connectivity index (χ0n) is 7.79. The summed E-state index contributed by atoms with van der Waals surface area (Å²) in [5.74, 6) is 0.550. The normalized spacial score (nSPS) is 19.5. The maximum Gasteiger partial charge on any atom is 0.149 e. The molecule has 1 atom stereocenters. The summed E-state index contributed by atoms with van der Waals surface area (Å²) in [6.07, 6.45) is 1.85. The maximum absolute atomic E-state index is 13.2. The van der Waals surface area contributed by atoms with Gasteiger partial charge in [0.05, 0.1) is 0 Å². The lowest BCUT2D eigenvalue weighted by Crippen LogP contribution is -2.04. The van der Waals surface area contributed by atoms with Crippen LogP contribution in [0.3, 0.4) is 0 Å². The van der Waals surface area contributed by atoms with Crippen LogP contribution in [0.5, 0.6) is 0 Å². The molecule has 1 heterocycles. The first kappa shape index (κ1) is 8.42. The molecule has 1 aliphatic rings. The molecule has 1 aromatic rings. The molecule has 0 radical (unpaired) electrons. The van der Waals surface area contributed by atoms with Gasteiger partial charge < -0.3 is 0 Å². The van der Waals surface area contributed by atoms with Crippen molar-refractivity contribution in [1.82, 2.24) is 0 Å². The van der Waals surface area contributed by atoms with Crippen LogP contribution in [-0.4, -0.2) is 6.21 Å². The van der Waals surface area contributed by atoms with Crippen molar-refractivity contribution >= 4 is 11.9 Å². The van der Waals surface area contributed by atoms with Gasteiger partial charge in [0.25, 0.3) is 0 Å². The summed E-state index contributed by atoms with van der Waals surface area (Å²) in [5.41, 5.74) is 1.55. The molecule has 0 aliphatic carbocycles. The standard InChI is InChI=1S/C11H12FN/c1-7(2)9-6-13-11-8(9)4-3-5-10(11)12/h3-7,9H,1-2H3.